The summed E-state index contributed by atoms with van der Waals surface area (Å²) in [4.78, 5) is 36.3. The Kier molecular flexibility index (Phi) is 5.28. The number of anilines is 1. The Hall–Kier alpha value is -3.20. The van der Waals surface area contributed by atoms with Crippen LogP contribution in [-0.4, -0.2) is 46.9 Å². The second-order valence-electron chi connectivity index (χ2n) is 5.47. The molecule has 0 unspecified atom stereocenters. The van der Waals surface area contributed by atoms with Gasteiger partial charge in [-0.05, 0) is 18.6 Å². The lowest BCUT2D eigenvalue weighted by Crippen LogP contribution is -2.34. The van der Waals surface area contributed by atoms with E-state index < -0.39 is 11.2 Å². The van der Waals surface area contributed by atoms with Crippen molar-refractivity contribution >= 4 is 17.0 Å². The average Bonchev–Trinajstić information content (AvgIpc) is 2.65. The first-order chi connectivity index (χ1) is 12.7. The third-order valence-corrected chi connectivity index (χ3v) is 3.79. The molecule has 9 heteroatoms. The normalized spacial score (nSPS) is 10.8. The molecule has 3 rings (SSSR count). The number of fused-ring (bicyclic) bond motifs is 1. The van der Waals surface area contributed by atoms with Gasteiger partial charge >= 0.3 is 5.69 Å². The van der Waals surface area contributed by atoms with Crippen LogP contribution in [0.15, 0.2) is 40.1 Å². The molecule has 0 saturated carbocycles. The highest BCUT2D eigenvalue weighted by Gasteiger charge is 2.14. The topological polar surface area (TPSA) is 111 Å². The number of hydrogen-bond donors (Lipinski definition) is 2. The third kappa shape index (κ3) is 3.42. The molecule has 2 aromatic heterocycles. The summed E-state index contributed by atoms with van der Waals surface area (Å²) in [6.45, 7) is 1.23. The highest BCUT2D eigenvalue weighted by molar-refractivity contribution is 5.73. The number of nitrogens with zero attached hydrogens (tertiary/aromatic N) is 3. The van der Waals surface area contributed by atoms with E-state index in [4.69, 9.17) is 9.47 Å². The Bertz CT molecular complexity index is 1030. The van der Waals surface area contributed by atoms with Crippen LogP contribution in [0.2, 0.25) is 0 Å². The molecule has 0 spiro atoms. The van der Waals surface area contributed by atoms with Gasteiger partial charge in [0.1, 0.15) is 11.1 Å². The Balaban J connectivity index is 2.04. The van der Waals surface area contributed by atoms with Gasteiger partial charge in [0.05, 0.1) is 12.8 Å². The monoisotopic (exact) mass is 357 g/mol. The van der Waals surface area contributed by atoms with Crippen LogP contribution in [0.25, 0.3) is 16.7 Å². The quantitative estimate of drug-likeness (QED) is 0.605. The molecule has 1 aromatic carbocycles. The van der Waals surface area contributed by atoms with Crippen LogP contribution >= 0.6 is 0 Å². The van der Waals surface area contributed by atoms with Gasteiger partial charge in [-0.15, -0.1) is 0 Å². The van der Waals surface area contributed by atoms with Crippen molar-refractivity contribution in [3.63, 3.8) is 0 Å². The first kappa shape index (κ1) is 17.6. The van der Waals surface area contributed by atoms with Gasteiger partial charge in [-0.1, -0.05) is 12.1 Å². The number of nitrogens with one attached hydrogen (secondary N) is 2. The minimum atomic E-state index is -0.601. The molecule has 136 valence electrons. The Morgan fingerprint density at radius 2 is 2.04 bits per heavy atom. The fourth-order valence-electron chi connectivity index (χ4n) is 2.54. The van der Waals surface area contributed by atoms with Gasteiger partial charge in [-0.2, -0.15) is 4.98 Å². The standard InChI is InChI=1S/C17H19N5O4/c1-25-9-5-8-18-16-19-10-11-14(20-16)21-17(24)22(15(11)23)12-6-3-4-7-13(12)26-2/h3-4,6-7,10H,5,8-9H2,1-2H3,(H2,18,19,20,21,24). The third-order valence-electron chi connectivity index (χ3n) is 3.79. The fourth-order valence-corrected chi connectivity index (χ4v) is 2.54. The average molecular weight is 357 g/mol. The number of benzene rings is 1. The molecule has 26 heavy (non-hydrogen) atoms. The fraction of sp³-hybridized carbons (Fsp3) is 0.294. The van der Waals surface area contributed by atoms with E-state index in [0.29, 0.717) is 30.5 Å². The van der Waals surface area contributed by atoms with Gasteiger partial charge in [0.15, 0.2) is 5.65 Å². The van der Waals surface area contributed by atoms with Crippen LogP contribution in [-0.2, 0) is 4.74 Å². The molecule has 0 amide bonds. The van der Waals surface area contributed by atoms with E-state index >= 15 is 0 Å². The largest absolute Gasteiger partial charge is 0.495 e. The molecular weight excluding hydrogens is 338 g/mol. The van der Waals surface area contributed by atoms with Crippen molar-refractivity contribution in [1.82, 2.24) is 19.5 Å². The van der Waals surface area contributed by atoms with Gasteiger partial charge in [0, 0.05) is 26.5 Å². The van der Waals surface area contributed by atoms with E-state index in [9.17, 15) is 9.59 Å². The van der Waals surface area contributed by atoms with E-state index in [1.807, 2.05) is 0 Å². The zero-order valence-electron chi connectivity index (χ0n) is 14.5. The zero-order chi connectivity index (χ0) is 18.5. The molecule has 0 atom stereocenters. The van der Waals surface area contributed by atoms with Gasteiger partial charge in [-0.3, -0.25) is 9.78 Å². The minimum Gasteiger partial charge on any atom is -0.495 e. The first-order valence-electron chi connectivity index (χ1n) is 8.04. The van der Waals surface area contributed by atoms with E-state index in [0.717, 1.165) is 11.0 Å². The Morgan fingerprint density at radius 1 is 1.23 bits per heavy atom. The summed E-state index contributed by atoms with van der Waals surface area (Å²) in [7, 11) is 3.10. The van der Waals surface area contributed by atoms with Crippen molar-refractivity contribution in [3.8, 4) is 11.4 Å². The number of aromatic nitrogens is 4. The molecule has 0 aliphatic carbocycles. The molecule has 0 bridgehead atoms. The predicted molar refractivity (Wildman–Crippen MR) is 97.3 cm³/mol. The minimum absolute atomic E-state index is 0.176. The molecule has 0 aliphatic heterocycles. The molecule has 2 heterocycles. The summed E-state index contributed by atoms with van der Waals surface area (Å²) in [6, 6.07) is 6.79. The lowest BCUT2D eigenvalue weighted by atomic mass is 10.3. The van der Waals surface area contributed by atoms with Crippen molar-refractivity contribution in [1.29, 1.82) is 0 Å². The number of aromatic amines is 1. The number of para-hydroxylation sites is 2. The molecule has 0 fully saturated rings. The maximum atomic E-state index is 12.8. The molecule has 9 nitrogen and oxygen atoms in total. The van der Waals surface area contributed by atoms with E-state index in [1.54, 1.807) is 31.4 Å². The highest BCUT2D eigenvalue weighted by Crippen LogP contribution is 2.19. The van der Waals surface area contributed by atoms with E-state index in [2.05, 4.69) is 20.3 Å². The summed E-state index contributed by atoms with van der Waals surface area (Å²) in [5, 5.41) is 3.23. The molecule has 0 saturated heterocycles. The second-order valence-corrected chi connectivity index (χ2v) is 5.47. The van der Waals surface area contributed by atoms with Gasteiger partial charge in [-0.25, -0.2) is 14.3 Å². The number of methoxy groups -OCH3 is 2. The summed E-state index contributed by atoms with van der Waals surface area (Å²) >= 11 is 0. The Labute approximate surface area is 148 Å². The van der Waals surface area contributed by atoms with Crippen LogP contribution in [0.4, 0.5) is 5.95 Å². The van der Waals surface area contributed by atoms with Crippen LogP contribution in [0, 0.1) is 0 Å². The maximum absolute atomic E-state index is 12.8. The molecule has 2 N–H and O–H groups in total. The first-order valence-corrected chi connectivity index (χ1v) is 8.04. The number of H-pyrrole nitrogens is 1. The van der Waals surface area contributed by atoms with Crippen molar-refractivity contribution in [2.24, 2.45) is 0 Å². The predicted octanol–water partition coefficient (Wildman–Crippen LogP) is 0.926. The van der Waals surface area contributed by atoms with Crippen molar-refractivity contribution in [2.45, 2.75) is 6.42 Å². The molecular formula is C17H19N5O4. The van der Waals surface area contributed by atoms with Crippen LogP contribution in [0.5, 0.6) is 5.75 Å². The highest BCUT2D eigenvalue weighted by atomic mass is 16.5. The van der Waals surface area contributed by atoms with Gasteiger partial charge in [0.2, 0.25) is 5.95 Å². The van der Waals surface area contributed by atoms with E-state index in [-0.39, 0.29) is 11.0 Å². The van der Waals surface area contributed by atoms with Crippen LogP contribution in [0.1, 0.15) is 6.42 Å². The molecule has 0 aliphatic rings. The lowest BCUT2D eigenvalue weighted by molar-refractivity contribution is 0.197. The second kappa shape index (κ2) is 7.79. The van der Waals surface area contributed by atoms with Crippen molar-refractivity contribution < 1.29 is 9.47 Å². The summed E-state index contributed by atoms with van der Waals surface area (Å²) in [5.41, 5.74) is -0.587. The summed E-state index contributed by atoms with van der Waals surface area (Å²) in [5.74, 6) is 0.746. The summed E-state index contributed by atoms with van der Waals surface area (Å²) < 4.78 is 11.2. The molecule has 3 aromatic rings. The number of rotatable bonds is 7. The maximum Gasteiger partial charge on any atom is 0.334 e. The lowest BCUT2D eigenvalue weighted by Gasteiger charge is -2.10. The zero-order valence-corrected chi connectivity index (χ0v) is 14.5. The Morgan fingerprint density at radius 3 is 2.81 bits per heavy atom. The van der Waals surface area contributed by atoms with Gasteiger partial charge < -0.3 is 14.8 Å². The van der Waals surface area contributed by atoms with Crippen molar-refractivity contribution in [2.75, 3.05) is 32.7 Å². The van der Waals surface area contributed by atoms with Crippen LogP contribution in [0.3, 0.4) is 0 Å². The van der Waals surface area contributed by atoms with Gasteiger partial charge in [0.25, 0.3) is 5.56 Å². The number of ether oxygens (including phenoxy) is 2. The van der Waals surface area contributed by atoms with E-state index in [1.165, 1.54) is 13.3 Å². The number of hydrogen-bond acceptors (Lipinski definition) is 7. The van der Waals surface area contributed by atoms with Crippen molar-refractivity contribution in [3.05, 3.63) is 51.3 Å². The summed E-state index contributed by atoms with van der Waals surface area (Å²) in [6.07, 6.45) is 2.18. The smallest absolute Gasteiger partial charge is 0.334 e. The van der Waals surface area contributed by atoms with Crippen LogP contribution < -0.4 is 21.3 Å². The molecule has 0 radical (unpaired) electrons. The SMILES string of the molecule is COCCCNc1ncc2c(=O)n(-c3ccccc3OC)c(=O)[nH]c2n1.